The number of halogens is 1. The van der Waals surface area contributed by atoms with Crippen molar-refractivity contribution < 1.29 is 14.6 Å². The molecule has 1 heterocycles. The first-order chi connectivity index (χ1) is 11.7. The van der Waals surface area contributed by atoms with Crippen LogP contribution in [-0.4, -0.2) is 15.5 Å². The van der Waals surface area contributed by atoms with Crippen LogP contribution in [-0.2, 0) is 6.42 Å². The smallest absolute Gasteiger partial charge is 0.138 e. The van der Waals surface area contributed by atoms with Gasteiger partial charge in [0.25, 0.3) is 0 Å². The Morgan fingerprint density at radius 3 is 2.29 bits per heavy atom. The van der Waals surface area contributed by atoms with Crippen molar-refractivity contribution in [2.75, 3.05) is 5.33 Å². The molecule has 0 aliphatic rings. The molecule has 0 fully saturated rings. The van der Waals surface area contributed by atoms with Crippen molar-refractivity contribution in [2.24, 2.45) is 0 Å². The summed E-state index contributed by atoms with van der Waals surface area (Å²) in [7, 11) is 0. The highest BCUT2D eigenvalue weighted by Crippen LogP contribution is 2.36. The first kappa shape index (κ1) is 16.9. The molecular formula is C20H21BrO3. The fourth-order valence-electron chi connectivity index (χ4n) is 2.98. The second kappa shape index (κ2) is 7.75. The Morgan fingerprint density at radius 2 is 1.54 bits per heavy atom. The number of unbranched alkanes of at least 4 members (excludes halogenated alkanes) is 3. The van der Waals surface area contributed by atoms with E-state index in [1.54, 1.807) is 24.3 Å². The molecule has 2 aromatic carbocycles. The van der Waals surface area contributed by atoms with Gasteiger partial charge in [0.2, 0.25) is 0 Å². The molecule has 1 aromatic heterocycles. The predicted molar refractivity (Wildman–Crippen MR) is 101 cm³/mol. The fourth-order valence-corrected chi connectivity index (χ4v) is 3.38. The maximum absolute atomic E-state index is 9.83. The Balaban J connectivity index is 1.94. The minimum absolute atomic E-state index is 0.240. The molecule has 0 spiro atoms. The van der Waals surface area contributed by atoms with E-state index in [0.717, 1.165) is 46.0 Å². The highest BCUT2D eigenvalue weighted by molar-refractivity contribution is 9.09. The first-order valence-corrected chi connectivity index (χ1v) is 9.41. The molecule has 24 heavy (non-hydrogen) atoms. The molecule has 4 heteroatoms. The van der Waals surface area contributed by atoms with E-state index in [-0.39, 0.29) is 11.5 Å². The van der Waals surface area contributed by atoms with Crippen molar-refractivity contribution >= 4 is 26.9 Å². The number of hydrogen-bond donors (Lipinski definition) is 2. The quantitative estimate of drug-likeness (QED) is 0.384. The van der Waals surface area contributed by atoms with Gasteiger partial charge in [0.1, 0.15) is 22.8 Å². The normalized spacial score (nSPS) is 11.2. The molecule has 0 amide bonds. The molecule has 2 N–H and O–H groups in total. The minimum atomic E-state index is 0.240. The van der Waals surface area contributed by atoms with Crippen LogP contribution < -0.4 is 0 Å². The number of furan rings is 1. The highest BCUT2D eigenvalue weighted by Gasteiger charge is 2.16. The molecular weight excluding hydrogens is 368 g/mol. The molecule has 0 unspecified atom stereocenters. The van der Waals surface area contributed by atoms with Crippen molar-refractivity contribution in [2.45, 2.75) is 32.1 Å². The van der Waals surface area contributed by atoms with E-state index >= 15 is 0 Å². The van der Waals surface area contributed by atoms with Crippen LogP contribution in [0.15, 0.2) is 46.9 Å². The zero-order valence-corrected chi connectivity index (χ0v) is 15.1. The van der Waals surface area contributed by atoms with E-state index in [1.165, 1.54) is 19.3 Å². The second-order valence-corrected chi connectivity index (χ2v) is 6.78. The Morgan fingerprint density at radius 1 is 0.833 bits per heavy atom. The minimum Gasteiger partial charge on any atom is -0.508 e. The SMILES string of the molecule is Oc1ccc(-c2oc3ccc(O)cc3c2CCCCCCBr)cc1. The molecule has 0 bridgehead atoms. The van der Waals surface area contributed by atoms with Crippen LogP contribution in [0.2, 0.25) is 0 Å². The molecule has 0 aliphatic heterocycles. The van der Waals surface area contributed by atoms with Crippen molar-refractivity contribution in [3.05, 3.63) is 48.0 Å². The number of fused-ring (bicyclic) bond motifs is 1. The summed E-state index contributed by atoms with van der Waals surface area (Å²) >= 11 is 3.47. The van der Waals surface area contributed by atoms with Gasteiger partial charge in [0, 0.05) is 21.8 Å². The zero-order valence-electron chi connectivity index (χ0n) is 13.5. The van der Waals surface area contributed by atoms with Crippen molar-refractivity contribution in [1.29, 1.82) is 0 Å². The van der Waals surface area contributed by atoms with Gasteiger partial charge in [-0.3, -0.25) is 0 Å². The Labute approximate surface area is 150 Å². The van der Waals surface area contributed by atoms with Crippen molar-refractivity contribution in [3.63, 3.8) is 0 Å². The fraction of sp³-hybridized carbons (Fsp3) is 0.300. The lowest BCUT2D eigenvalue weighted by molar-refractivity contribution is 0.475. The van der Waals surface area contributed by atoms with Crippen molar-refractivity contribution in [1.82, 2.24) is 0 Å². The van der Waals surface area contributed by atoms with Gasteiger partial charge in [0.15, 0.2) is 0 Å². The number of phenolic OH excluding ortho intramolecular Hbond substituents is 2. The number of benzene rings is 2. The lowest BCUT2D eigenvalue weighted by Gasteiger charge is -2.04. The summed E-state index contributed by atoms with van der Waals surface area (Å²) in [6, 6.07) is 12.3. The van der Waals surface area contributed by atoms with E-state index in [9.17, 15) is 10.2 Å². The zero-order chi connectivity index (χ0) is 16.9. The molecule has 0 radical (unpaired) electrons. The van der Waals surface area contributed by atoms with Gasteiger partial charge >= 0.3 is 0 Å². The summed E-state index contributed by atoms with van der Waals surface area (Å²) in [5.41, 5.74) is 2.86. The Kier molecular flexibility index (Phi) is 5.46. The number of phenols is 2. The third-order valence-electron chi connectivity index (χ3n) is 4.21. The molecule has 0 saturated carbocycles. The molecule has 3 aromatic rings. The summed E-state index contributed by atoms with van der Waals surface area (Å²) in [6.45, 7) is 0. The van der Waals surface area contributed by atoms with Gasteiger partial charge in [-0.1, -0.05) is 28.8 Å². The molecule has 0 saturated heterocycles. The van der Waals surface area contributed by atoms with Crippen LogP contribution in [0.5, 0.6) is 11.5 Å². The van der Waals surface area contributed by atoms with Crippen molar-refractivity contribution in [3.8, 4) is 22.8 Å². The molecule has 0 atom stereocenters. The van der Waals surface area contributed by atoms with Gasteiger partial charge in [-0.05, 0) is 61.7 Å². The second-order valence-electron chi connectivity index (χ2n) is 5.99. The monoisotopic (exact) mass is 388 g/mol. The standard InChI is InChI=1S/C20H21BrO3/c21-12-4-2-1-3-5-17-18-13-16(23)10-11-19(18)24-20(17)14-6-8-15(22)9-7-14/h6-11,13,22-23H,1-5,12H2. The summed E-state index contributed by atoms with van der Waals surface area (Å²) in [5.74, 6) is 1.32. The lowest BCUT2D eigenvalue weighted by Crippen LogP contribution is -1.89. The van der Waals surface area contributed by atoms with Gasteiger partial charge in [0.05, 0.1) is 0 Å². The summed E-state index contributed by atoms with van der Waals surface area (Å²) in [6.07, 6.45) is 5.57. The van der Waals surface area contributed by atoms with Crippen LogP contribution in [0.3, 0.4) is 0 Å². The Hall–Kier alpha value is -1.94. The van der Waals surface area contributed by atoms with Crippen LogP contribution in [0.4, 0.5) is 0 Å². The summed E-state index contributed by atoms with van der Waals surface area (Å²) in [5, 5.41) is 21.4. The maximum Gasteiger partial charge on any atom is 0.138 e. The van der Waals surface area contributed by atoms with Crippen LogP contribution in [0.1, 0.15) is 31.2 Å². The largest absolute Gasteiger partial charge is 0.508 e. The maximum atomic E-state index is 9.83. The molecule has 126 valence electrons. The number of aromatic hydroxyl groups is 2. The van der Waals surface area contributed by atoms with E-state index in [2.05, 4.69) is 15.9 Å². The average molecular weight is 389 g/mol. The van der Waals surface area contributed by atoms with E-state index in [4.69, 9.17) is 4.42 Å². The third-order valence-corrected chi connectivity index (χ3v) is 4.78. The predicted octanol–water partition coefficient (Wildman–Crippen LogP) is 6.01. The Bertz CT molecular complexity index is 806. The molecule has 0 aliphatic carbocycles. The van der Waals surface area contributed by atoms with Gasteiger partial charge < -0.3 is 14.6 Å². The number of aryl methyl sites for hydroxylation is 1. The van der Waals surface area contributed by atoms with Crippen LogP contribution in [0, 0.1) is 0 Å². The van der Waals surface area contributed by atoms with Gasteiger partial charge in [-0.15, -0.1) is 0 Å². The lowest BCUT2D eigenvalue weighted by atomic mass is 9.99. The number of rotatable bonds is 7. The molecule has 3 nitrogen and oxygen atoms in total. The molecule has 3 rings (SSSR count). The topological polar surface area (TPSA) is 53.6 Å². The first-order valence-electron chi connectivity index (χ1n) is 8.29. The van der Waals surface area contributed by atoms with Crippen LogP contribution in [0.25, 0.3) is 22.3 Å². The van der Waals surface area contributed by atoms with E-state index in [1.807, 2.05) is 18.2 Å². The van der Waals surface area contributed by atoms with E-state index in [0.29, 0.717) is 0 Å². The average Bonchev–Trinajstić information content (AvgIpc) is 2.93. The third kappa shape index (κ3) is 3.75. The van der Waals surface area contributed by atoms with Gasteiger partial charge in [-0.2, -0.15) is 0 Å². The highest BCUT2D eigenvalue weighted by atomic mass is 79.9. The number of hydrogen-bond acceptors (Lipinski definition) is 3. The van der Waals surface area contributed by atoms with Crippen LogP contribution >= 0.6 is 15.9 Å². The van der Waals surface area contributed by atoms with Gasteiger partial charge in [-0.25, -0.2) is 0 Å². The summed E-state index contributed by atoms with van der Waals surface area (Å²) < 4.78 is 6.06. The number of alkyl halides is 1. The summed E-state index contributed by atoms with van der Waals surface area (Å²) in [4.78, 5) is 0. The van der Waals surface area contributed by atoms with E-state index < -0.39 is 0 Å².